The quantitative estimate of drug-likeness (QED) is 0.349. The van der Waals surface area contributed by atoms with E-state index < -0.39 is 40.6 Å². The van der Waals surface area contributed by atoms with E-state index in [0.717, 1.165) is 11.1 Å². The van der Waals surface area contributed by atoms with Crippen LogP contribution in [0.5, 0.6) is 5.75 Å². The second kappa shape index (κ2) is 10.3. The van der Waals surface area contributed by atoms with Crippen molar-refractivity contribution in [3.8, 4) is 5.75 Å². The van der Waals surface area contributed by atoms with Crippen LogP contribution in [0.25, 0.3) is 0 Å². The van der Waals surface area contributed by atoms with Crippen molar-refractivity contribution in [2.75, 3.05) is 17.6 Å². The van der Waals surface area contributed by atoms with Gasteiger partial charge in [0.05, 0.1) is 11.1 Å². The smallest absolute Gasteiger partial charge is 0.416 e. The second-order valence-electron chi connectivity index (χ2n) is 7.99. The normalized spacial score (nSPS) is 16.2. The van der Waals surface area contributed by atoms with E-state index >= 15 is 0 Å². The summed E-state index contributed by atoms with van der Waals surface area (Å²) in [6, 6.07) is 16.8. The number of hydrogen-bond acceptors (Lipinski definition) is 3. The number of benzene rings is 3. The number of amides is 2. The van der Waals surface area contributed by atoms with Gasteiger partial charge in [-0.25, -0.2) is 4.79 Å². The van der Waals surface area contributed by atoms with Gasteiger partial charge in [-0.2, -0.15) is 26.3 Å². The van der Waals surface area contributed by atoms with Gasteiger partial charge < -0.3 is 15.0 Å². The van der Waals surface area contributed by atoms with Gasteiger partial charge in [0.15, 0.2) is 0 Å². The van der Waals surface area contributed by atoms with E-state index in [4.69, 9.17) is 4.74 Å². The molecular formula is C25H20F6N2O2S. The van der Waals surface area contributed by atoms with E-state index in [2.05, 4.69) is 5.32 Å². The molecule has 1 N–H and O–H groups in total. The van der Waals surface area contributed by atoms with Crippen molar-refractivity contribution in [2.24, 2.45) is 0 Å². The fourth-order valence-electron chi connectivity index (χ4n) is 3.68. The summed E-state index contributed by atoms with van der Waals surface area (Å²) in [5.74, 6) is 1.11. The highest BCUT2D eigenvalue weighted by atomic mass is 32.2. The van der Waals surface area contributed by atoms with Gasteiger partial charge in [0.2, 0.25) is 0 Å². The largest absolute Gasteiger partial charge is 0.489 e. The average molecular weight is 527 g/mol. The number of carbonyl (C=O) groups is 1. The third-order valence-electron chi connectivity index (χ3n) is 5.38. The number of carbonyl (C=O) groups excluding carboxylic acids is 1. The van der Waals surface area contributed by atoms with Crippen LogP contribution in [-0.2, 0) is 19.0 Å². The molecule has 0 aliphatic carbocycles. The van der Waals surface area contributed by atoms with Crippen molar-refractivity contribution in [3.05, 3.63) is 95.1 Å². The molecule has 4 nitrogen and oxygen atoms in total. The fourth-order valence-corrected chi connectivity index (χ4v) is 4.92. The molecule has 1 heterocycles. The molecule has 1 unspecified atom stereocenters. The van der Waals surface area contributed by atoms with E-state index in [-0.39, 0.29) is 12.6 Å². The molecule has 1 aliphatic heterocycles. The summed E-state index contributed by atoms with van der Waals surface area (Å²) in [7, 11) is 0. The minimum atomic E-state index is -5.01. The van der Waals surface area contributed by atoms with E-state index in [1.165, 1.54) is 16.7 Å². The van der Waals surface area contributed by atoms with Crippen LogP contribution < -0.4 is 10.1 Å². The monoisotopic (exact) mass is 526 g/mol. The Labute approximate surface area is 207 Å². The van der Waals surface area contributed by atoms with Crippen molar-refractivity contribution in [1.82, 2.24) is 4.90 Å². The molecule has 0 radical (unpaired) electrons. The Morgan fingerprint density at radius 2 is 1.58 bits per heavy atom. The summed E-state index contributed by atoms with van der Waals surface area (Å²) < 4.78 is 84.8. The van der Waals surface area contributed by atoms with Gasteiger partial charge in [0.25, 0.3) is 0 Å². The molecule has 190 valence electrons. The fraction of sp³-hybridized carbons (Fsp3) is 0.240. The van der Waals surface area contributed by atoms with Crippen LogP contribution in [0.4, 0.5) is 36.8 Å². The molecule has 2 amide bonds. The Hall–Kier alpha value is -3.34. The molecule has 0 saturated carbocycles. The SMILES string of the molecule is O=C(Nc1cc(C(F)(F)F)cc(C(F)(F)F)c1)N1CCSC1c1cccc(OCc2ccccc2)c1. The summed E-state index contributed by atoms with van der Waals surface area (Å²) in [6.07, 6.45) is -10.0. The van der Waals surface area contributed by atoms with Crippen LogP contribution in [0.1, 0.15) is 27.6 Å². The minimum absolute atomic E-state index is 0.0190. The second-order valence-corrected chi connectivity index (χ2v) is 9.18. The van der Waals surface area contributed by atoms with Crippen molar-refractivity contribution in [2.45, 2.75) is 24.3 Å². The van der Waals surface area contributed by atoms with Crippen molar-refractivity contribution >= 4 is 23.5 Å². The van der Waals surface area contributed by atoms with Crippen molar-refractivity contribution in [3.63, 3.8) is 0 Å². The van der Waals surface area contributed by atoms with Crippen LogP contribution in [0, 0.1) is 0 Å². The molecule has 36 heavy (non-hydrogen) atoms. The van der Waals surface area contributed by atoms with Crippen LogP contribution in [0.15, 0.2) is 72.8 Å². The lowest BCUT2D eigenvalue weighted by Gasteiger charge is -2.25. The Morgan fingerprint density at radius 3 is 2.22 bits per heavy atom. The molecule has 1 saturated heterocycles. The lowest BCUT2D eigenvalue weighted by Crippen LogP contribution is -2.34. The standard InChI is InChI=1S/C25H20F6N2O2S/c26-24(27,28)18-12-19(25(29,30)31)14-20(13-18)32-23(34)33-9-10-36-22(33)17-7-4-8-21(11-17)35-15-16-5-2-1-3-6-16/h1-8,11-14,22H,9-10,15H2,(H,32,34). The molecule has 1 fully saturated rings. The minimum Gasteiger partial charge on any atom is -0.489 e. The molecule has 4 rings (SSSR count). The van der Waals surface area contributed by atoms with Gasteiger partial charge in [0.1, 0.15) is 17.7 Å². The zero-order valence-electron chi connectivity index (χ0n) is 18.6. The van der Waals surface area contributed by atoms with Gasteiger partial charge in [-0.05, 0) is 41.5 Å². The Morgan fingerprint density at radius 1 is 0.917 bits per heavy atom. The van der Waals surface area contributed by atoms with Crippen LogP contribution >= 0.6 is 11.8 Å². The third-order valence-corrected chi connectivity index (χ3v) is 6.64. The first-order chi connectivity index (χ1) is 17.0. The van der Waals surface area contributed by atoms with Gasteiger partial charge in [-0.15, -0.1) is 11.8 Å². The number of hydrogen-bond donors (Lipinski definition) is 1. The van der Waals surface area contributed by atoms with Gasteiger partial charge in [0, 0.05) is 18.0 Å². The summed E-state index contributed by atoms with van der Waals surface area (Å²) >= 11 is 1.43. The zero-order chi connectivity index (χ0) is 25.9. The van der Waals surface area contributed by atoms with Gasteiger partial charge in [-0.1, -0.05) is 42.5 Å². The first-order valence-electron chi connectivity index (χ1n) is 10.8. The third kappa shape index (κ3) is 6.26. The van der Waals surface area contributed by atoms with E-state index in [0.29, 0.717) is 30.2 Å². The number of nitrogens with zero attached hydrogens (tertiary/aromatic N) is 1. The molecule has 3 aromatic carbocycles. The molecular weight excluding hydrogens is 506 g/mol. The Balaban J connectivity index is 1.51. The Kier molecular flexibility index (Phi) is 7.39. The zero-order valence-corrected chi connectivity index (χ0v) is 19.4. The topological polar surface area (TPSA) is 41.6 Å². The molecule has 1 aliphatic rings. The van der Waals surface area contributed by atoms with Gasteiger partial charge >= 0.3 is 18.4 Å². The van der Waals surface area contributed by atoms with Crippen LogP contribution in [0.3, 0.4) is 0 Å². The highest BCUT2D eigenvalue weighted by Gasteiger charge is 2.38. The summed E-state index contributed by atoms with van der Waals surface area (Å²) in [5.41, 5.74) is -1.89. The molecule has 11 heteroatoms. The number of rotatable bonds is 5. The molecule has 0 aromatic heterocycles. The summed E-state index contributed by atoms with van der Waals surface area (Å²) in [5, 5.41) is 1.72. The maximum absolute atomic E-state index is 13.2. The predicted molar refractivity (Wildman–Crippen MR) is 125 cm³/mol. The molecule has 0 bridgehead atoms. The Bertz CT molecular complexity index is 1180. The number of nitrogens with one attached hydrogen (secondary N) is 1. The molecule has 3 aromatic rings. The molecule has 0 spiro atoms. The van der Waals surface area contributed by atoms with Crippen molar-refractivity contribution < 1.29 is 35.9 Å². The molecule has 1 atom stereocenters. The maximum atomic E-state index is 13.2. The van der Waals surface area contributed by atoms with Crippen LogP contribution in [0.2, 0.25) is 0 Å². The number of thioether (sulfide) groups is 1. The number of halogens is 6. The highest BCUT2D eigenvalue weighted by molar-refractivity contribution is 7.99. The highest BCUT2D eigenvalue weighted by Crippen LogP contribution is 2.40. The predicted octanol–water partition coefficient (Wildman–Crippen LogP) is 7.58. The maximum Gasteiger partial charge on any atom is 0.416 e. The van der Waals surface area contributed by atoms with Gasteiger partial charge in [-0.3, -0.25) is 0 Å². The van der Waals surface area contributed by atoms with E-state index in [1.54, 1.807) is 24.3 Å². The summed E-state index contributed by atoms with van der Waals surface area (Å²) in [4.78, 5) is 14.3. The number of ether oxygens (including phenoxy) is 1. The number of urea groups is 1. The van der Waals surface area contributed by atoms with Crippen molar-refractivity contribution in [1.29, 1.82) is 0 Å². The van der Waals surface area contributed by atoms with E-state index in [9.17, 15) is 31.1 Å². The van der Waals surface area contributed by atoms with E-state index in [1.807, 2.05) is 30.3 Å². The number of anilines is 1. The lowest BCUT2D eigenvalue weighted by atomic mass is 10.1. The van der Waals surface area contributed by atoms with Crippen LogP contribution in [-0.4, -0.2) is 23.2 Å². The first kappa shape index (κ1) is 25.7. The number of alkyl halides is 6. The lowest BCUT2D eigenvalue weighted by molar-refractivity contribution is -0.143. The average Bonchev–Trinajstić information content (AvgIpc) is 3.33. The first-order valence-corrected chi connectivity index (χ1v) is 11.8. The summed E-state index contributed by atoms with van der Waals surface area (Å²) in [6.45, 7) is 0.602.